The predicted octanol–water partition coefficient (Wildman–Crippen LogP) is -6.22. The van der Waals surface area contributed by atoms with Crippen molar-refractivity contribution in [2.75, 3.05) is 0 Å². The van der Waals surface area contributed by atoms with Gasteiger partial charge in [0.1, 0.15) is 0 Å². The molecule has 0 saturated heterocycles. The van der Waals surface area contributed by atoms with Crippen molar-refractivity contribution in [1.29, 1.82) is 0 Å². The van der Waals surface area contributed by atoms with E-state index in [0.29, 0.717) is 0 Å². The Bertz CT molecular complexity index is 1010. The summed E-state index contributed by atoms with van der Waals surface area (Å²) < 4.78 is 44.1. The van der Waals surface area contributed by atoms with Crippen LogP contribution in [0.3, 0.4) is 0 Å². The fraction of sp³-hybridized carbons (Fsp3) is 0.286. The topological polar surface area (TPSA) is 391 Å². The Labute approximate surface area is 236 Å². The van der Waals surface area contributed by atoms with E-state index >= 15 is 0 Å². The molecule has 16 N–H and O–H groups in total. The van der Waals surface area contributed by atoms with Gasteiger partial charge in [-0.05, 0) is 23.3 Å². The van der Waals surface area contributed by atoms with Gasteiger partial charge < -0.3 is 65.8 Å². The number of hydrogen-bond donors (Lipinski definition) is 10. The van der Waals surface area contributed by atoms with Crippen molar-refractivity contribution < 1.29 is 114 Å². The molecule has 24 heteroatoms. The van der Waals surface area contributed by atoms with Crippen LogP contribution in [0, 0.1) is 0 Å². The van der Waals surface area contributed by atoms with Crippen molar-refractivity contribution >= 4 is 30.4 Å². The zero-order valence-corrected chi connectivity index (χ0v) is 24.9. The Kier molecular flexibility index (Phi) is 19.1. The second-order valence-corrected chi connectivity index (χ2v) is 14.8. The van der Waals surface area contributed by atoms with Gasteiger partial charge in [0, 0.05) is 37.6 Å². The maximum atomic E-state index is 11.0. The van der Waals surface area contributed by atoms with Crippen molar-refractivity contribution in [3.63, 3.8) is 0 Å². The quantitative estimate of drug-likeness (QED) is 0.0944. The number of rotatable bonds is 8. The molecule has 0 unspecified atom stereocenters. The Morgan fingerprint density at radius 1 is 0.579 bits per heavy atom. The smallest absolute Gasteiger partial charge is 0.412 e. The van der Waals surface area contributed by atoms with Crippen LogP contribution in [0.4, 0.5) is 0 Å². The van der Waals surface area contributed by atoms with Crippen LogP contribution < -0.4 is 29.6 Å². The summed E-state index contributed by atoms with van der Waals surface area (Å²) in [4.78, 5) is 78.3. The van der Waals surface area contributed by atoms with Crippen LogP contribution in [0.15, 0.2) is 49.1 Å². The Morgan fingerprint density at radius 3 is 0.974 bits per heavy atom. The van der Waals surface area contributed by atoms with Crippen molar-refractivity contribution in [3.8, 4) is 0 Å². The molecule has 0 radical (unpaired) electrons. The minimum absolute atomic E-state index is 0. The van der Waals surface area contributed by atoms with Gasteiger partial charge in [-0.15, -0.1) is 0 Å². The van der Waals surface area contributed by atoms with Gasteiger partial charge in [-0.1, -0.05) is 12.1 Å². The minimum atomic E-state index is -5.41. The third-order valence-corrected chi connectivity index (χ3v) is 11.7. The molecule has 2 aromatic rings. The second-order valence-electron chi connectivity index (χ2n) is 6.80. The molecule has 0 aliphatic rings. The van der Waals surface area contributed by atoms with E-state index in [1.807, 2.05) is 0 Å². The van der Waals surface area contributed by atoms with Crippen LogP contribution >= 0.6 is 30.4 Å². The average molecular weight is 643 g/mol. The SMILES string of the molecule is O.O.O.O=P(O)(O)C(O)(Cc1cccnc1)P(=O)(O)O.O=P(O)(O)C(O)(Cc1cccnc1)P(=O)(O)O.[Na+]. The largest absolute Gasteiger partial charge is 1.00 e. The van der Waals surface area contributed by atoms with Crippen LogP contribution in [0.1, 0.15) is 11.1 Å². The van der Waals surface area contributed by atoms with Crippen LogP contribution in [0.25, 0.3) is 0 Å². The standard InChI is InChI=1S/2C7H11NO7P2.Na.3H2O/c2*9-7(16(10,11)12,17(13,14)15)4-6-2-1-3-8-5-6;;;;/h2*1-3,5,9H,4H2,(H2,10,11,12)(H2,13,14,15);;3*1H2/q;;+1;;;. The van der Waals surface area contributed by atoms with E-state index in [0.717, 1.165) is 12.4 Å². The van der Waals surface area contributed by atoms with Crippen molar-refractivity contribution in [2.24, 2.45) is 0 Å². The normalized spacial score (nSPS) is 12.3. The Hall–Kier alpha value is -0.300. The molecule has 0 saturated carbocycles. The molecule has 0 amide bonds. The summed E-state index contributed by atoms with van der Waals surface area (Å²) in [6, 6.07) is 5.50. The number of aliphatic hydroxyl groups is 2. The Balaban J connectivity index is -0.000000275. The summed E-state index contributed by atoms with van der Waals surface area (Å²) >= 11 is 0. The monoisotopic (exact) mass is 643 g/mol. The molecular formula is C14H28N2NaO17P4+. The van der Waals surface area contributed by atoms with Crippen LogP contribution in [-0.4, -0.2) is 85.9 Å². The number of nitrogens with zero attached hydrogens (tertiary/aromatic N) is 2. The molecule has 0 spiro atoms. The van der Waals surface area contributed by atoms with E-state index < -0.39 is 53.4 Å². The van der Waals surface area contributed by atoms with Gasteiger partial charge in [-0.3, -0.25) is 28.2 Å². The molecule has 216 valence electrons. The first-order chi connectivity index (χ1) is 15.2. The summed E-state index contributed by atoms with van der Waals surface area (Å²) in [7, 11) is -21.6. The summed E-state index contributed by atoms with van der Waals surface area (Å²) in [6.45, 7) is 0. The fourth-order valence-corrected chi connectivity index (χ4v) is 6.57. The summed E-state index contributed by atoms with van der Waals surface area (Å²) in [5.74, 6) is 0. The van der Waals surface area contributed by atoms with E-state index in [1.54, 1.807) is 0 Å². The molecule has 0 aliphatic heterocycles. The molecule has 2 heterocycles. The number of aromatic nitrogens is 2. The Morgan fingerprint density at radius 2 is 0.816 bits per heavy atom. The number of pyridine rings is 2. The third kappa shape index (κ3) is 11.3. The van der Waals surface area contributed by atoms with Gasteiger partial charge in [0.2, 0.25) is 0 Å². The van der Waals surface area contributed by atoms with Crippen molar-refractivity contribution in [1.82, 2.24) is 9.97 Å². The zero-order chi connectivity index (χ0) is 26.6. The molecule has 0 bridgehead atoms. The molecular weight excluding hydrogens is 615 g/mol. The summed E-state index contributed by atoms with van der Waals surface area (Å²) in [6.07, 6.45) is 3.26. The van der Waals surface area contributed by atoms with Crippen molar-refractivity contribution in [3.05, 3.63) is 60.2 Å². The summed E-state index contributed by atoms with van der Waals surface area (Å²) in [5, 5.41) is 12.3. The van der Waals surface area contributed by atoms with E-state index in [2.05, 4.69) is 9.97 Å². The maximum absolute atomic E-state index is 11.0. The van der Waals surface area contributed by atoms with E-state index in [4.69, 9.17) is 39.1 Å². The van der Waals surface area contributed by atoms with Gasteiger partial charge >= 0.3 is 59.9 Å². The maximum Gasteiger partial charge on any atom is 1.00 e. The van der Waals surface area contributed by atoms with Gasteiger partial charge in [-0.25, -0.2) is 0 Å². The zero-order valence-electron chi connectivity index (χ0n) is 19.3. The van der Waals surface area contributed by atoms with E-state index in [9.17, 15) is 28.5 Å². The minimum Gasteiger partial charge on any atom is -0.412 e. The molecule has 2 aromatic heterocycles. The van der Waals surface area contributed by atoms with E-state index in [1.165, 1.54) is 36.7 Å². The summed E-state index contributed by atoms with van der Waals surface area (Å²) in [5.41, 5.74) is 0.198. The molecule has 0 atom stereocenters. The van der Waals surface area contributed by atoms with Gasteiger partial charge in [0.15, 0.2) is 0 Å². The molecule has 38 heavy (non-hydrogen) atoms. The predicted molar refractivity (Wildman–Crippen MR) is 125 cm³/mol. The van der Waals surface area contributed by atoms with Crippen molar-refractivity contribution in [2.45, 2.75) is 23.0 Å². The van der Waals surface area contributed by atoms with Gasteiger partial charge in [-0.2, -0.15) is 0 Å². The molecule has 0 fully saturated rings. The van der Waals surface area contributed by atoms with Gasteiger partial charge in [0.25, 0.3) is 10.2 Å². The average Bonchev–Trinajstić information content (AvgIpc) is 2.66. The van der Waals surface area contributed by atoms with Crippen LogP contribution in [-0.2, 0) is 31.1 Å². The van der Waals surface area contributed by atoms with E-state index in [-0.39, 0.29) is 57.1 Å². The second kappa shape index (κ2) is 16.2. The van der Waals surface area contributed by atoms with Crippen LogP contribution in [0.5, 0.6) is 0 Å². The molecule has 0 aliphatic carbocycles. The molecule has 19 nitrogen and oxygen atoms in total. The first kappa shape index (κ1) is 44.7. The first-order valence-electron chi connectivity index (χ1n) is 8.61. The van der Waals surface area contributed by atoms with Crippen LogP contribution in [0.2, 0.25) is 0 Å². The third-order valence-electron chi connectivity index (χ3n) is 4.19. The molecule has 2 rings (SSSR count). The first-order valence-corrected chi connectivity index (χ1v) is 15.1. The number of hydrogen-bond acceptors (Lipinski definition) is 8. The van der Waals surface area contributed by atoms with Gasteiger partial charge in [0.05, 0.1) is 0 Å². The fourth-order valence-electron chi connectivity index (χ4n) is 2.30. The molecule has 0 aromatic carbocycles.